The number of benzene rings is 1. The van der Waals surface area contributed by atoms with Gasteiger partial charge in [-0.05, 0) is 12.1 Å². The van der Waals surface area contributed by atoms with E-state index in [4.69, 9.17) is 16.2 Å². The van der Waals surface area contributed by atoms with Gasteiger partial charge in [0.2, 0.25) is 0 Å². The molecule has 108 valence electrons. The number of nitrogens with two attached hydrogens (primary N) is 2. The predicted molar refractivity (Wildman–Crippen MR) is 79.8 cm³/mol. The van der Waals surface area contributed by atoms with Crippen LogP contribution in [-0.2, 0) is 11.3 Å². The van der Waals surface area contributed by atoms with Crippen LogP contribution in [0.3, 0.4) is 0 Å². The number of aromatic nitrogens is 3. The Kier molecular flexibility index (Phi) is 3.19. The number of carbonyl (C=O) groups is 1. The molecule has 4 N–H and O–H groups in total. The number of anilines is 1. The molecule has 0 fully saturated rings. The SMILES string of the molecule is COC(=O)c1c(N)n(CCN)c2nc3ccccc3nc12. The number of esters is 1. The normalized spacial score (nSPS) is 11.1. The molecule has 0 bridgehead atoms. The summed E-state index contributed by atoms with van der Waals surface area (Å²) < 4.78 is 6.49. The van der Waals surface area contributed by atoms with E-state index in [1.165, 1.54) is 7.11 Å². The van der Waals surface area contributed by atoms with Crippen LogP contribution in [0.25, 0.3) is 22.2 Å². The monoisotopic (exact) mass is 285 g/mol. The second kappa shape index (κ2) is 5.02. The van der Waals surface area contributed by atoms with E-state index in [0.29, 0.717) is 29.8 Å². The zero-order chi connectivity index (χ0) is 15.0. The van der Waals surface area contributed by atoms with Gasteiger partial charge in [-0.15, -0.1) is 0 Å². The lowest BCUT2D eigenvalue weighted by atomic mass is 10.2. The van der Waals surface area contributed by atoms with Crippen molar-refractivity contribution in [2.75, 3.05) is 19.4 Å². The van der Waals surface area contributed by atoms with Crippen LogP contribution < -0.4 is 11.5 Å². The van der Waals surface area contributed by atoms with Gasteiger partial charge in [-0.3, -0.25) is 0 Å². The summed E-state index contributed by atoms with van der Waals surface area (Å²) >= 11 is 0. The summed E-state index contributed by atoms with van der Waals surface area (Å²) in [6, 6.07) is 7.43. The zero-order valence-electron chi connectivity index (χ0n) is 11.5. The minimum absolute atomic E-state index is 0.235. The Morgan fingerprint density at radius 3 is 2.57 bits per heavy atom. The summed E-state index contributed by atoms with van der Waals surface area (Å²) in [6.07, 6.45) is 0. The molecule has 1 aromatic carbocycles. The van der Waals surface area contributed by atoms with Gasteiger partial charge in [0.05, 0.1) is 18.1 Å². The number of fused-ring (bicyclic) bond motifs is 2. The standard InChI is InChI=1S/C14H15N5O2/c1-21-14(20)10-11-13(19(7-6-15)12(10)16)18-9-5-3-2-4-8(9)17-11/h2-5H,6-7,15-16H2,1H3. The molecule has 3 aromatic rings. The van der Waals surface area contributed by atoms with Crippen molar-refractivity contribution in [3.63, 3.8) is 0 Å². The molecular weight excluding hydrogens is 270 g/mol. The van der Waals surface area contributed by atoms with Crippen LogP contribution in [-0.4, -0.2) is 34.2 Å². The molecule has 2 heterocycles. The largest absolute Gasteiger partial charge is 0.465 e. The van der Waals surface area contributed by atoms with Crippen LogP contribution in [0.4, 0.5) is 5.82 Å². The second-order valence-corrected chi connectivity index (χ2v) is 4.58. The first-order valence-electron chi connectivity index (χ1n) is 6.50. The molecule has 0 spiro atoms. The molecule has 7 heteroatoms. The van der Waals surface area contributed by atoms with Crippen molar-refractivity contribution < 1.29 is 9.53 Å². The van der Waals surface area contributed by atoms with Crippen molar-refractivity contribution in [1.82, 2.24) is 14.5 Å². The molecule has 0 aliphatic carbocycles. The minimum atomic E-state index is -0.530. The van der Waals surface area contributed by atoms with Crippen molar-refractivity contribution in [2.24, 2.45) is 5.73 Å². The van der Waals surface area contributed by atoms with Gasteiger partial charge < -0.3 is 20.8 Å². The van der Waals surface area contributed by atoms with Crippen LogP contribution in [0.1, 0.15) is 10.4 Å². The molecule has 0 amide bonds. The van der Waals surface area contributed by atoms with E-state index in [9.17, 15) is 4.79 Å². The summed E-state index contributed by atoms with van der Waals surface area (Å²) in [6.45, 7) is 0.829. The van der Waals surface area contributed by atoms with E-state index in [2.05, 4.69) is 9.97 Å². The Labute approximate surface area is 120 Å². The molecule has 21 heavy (non-hydrogen) atoms. The van der Waals surface area contributed by atoms with Gasteiger partial charge in [-0.2, -0.15) is 0 Å². The summed E-state index contributed by atoms with van der Waals surface area (Å²) in [4.78, 5) is 21.0. The lowest BCUT2D eigenvalue weighted by Crippen LogP contribution is -2.13. The Morgan fingerprint density at radius 1 is 1.29 bits per heavy atom. The highest BCUT2D eigenvalue weighted by molar-refractivity contribution is 6.08. The van der Waals surface area contributed by atoms with Crippen molar-refractivity contribution in [2.45, 2.75) is 6.54 Å². The smallest absolute Gasteiger partial charge is 0.343 e. The molecule has 2 aromatic heterocycles. The fourth-order valence-corrected chi connectivity index (χ4v) is 2.38. The molecule has 0 aliphatic heterocycles. The zero-order valence-corrected chi connectivity index (χ0v) is 11.5. The highest BCUT2D eigenvalue weighted by Crippen LogP contribution is 2.28. The minimum Gasteiger partial charge on any atom is -0.465 e. The van der Waals surface area contributed by atoms with E-state index in [1.807, 2.05) is 24.3 Å². The number of nitrogen functional groups attached to an aromatic ring is 1. The average molecular weight is 285 g/mol. The lowest BCUT2D eigenvalue weighted by Gasteiger charge is -2.05. The molecule has 0 atom stereocenters. The summed E-state index contributed by atoms with van der Waals surface area (Å²) in [7, 11) is 1.31. The quantitative estimate of drug-likeness (QED) is 0.692. The van der Waals surface area contributed by atoms with Gasteiger partial charge in [-0.1, -0.05) is 12.1 Å². The Bertz CT molecular complexity index is 840. The summed E-state index contributed by atoms with van der Waals surface area (Å²) in [5.41, 5.74) is 14.3. The first kappa shape index (κ1) is 13.3. The number of hydrogen-bond acceptors (Lipinski definition) is 6. The average Bonchev–Trinajstić information content (AvgIpc) is 2.77. The van der Waals surface area contributed by atoms with E-state index in [0.717, 1.165) is 5.52 Å². The molecule has 0 unspecified atom stereocenters. The van der Waals surface area contributed by atoms with E-state index >= 15 is 0 Å². The maximum Gasteiger partial charge on any atom is 0.343 e. The third-order valence-electron chi connectivity index (χ3n) is 3.33. The van der Waals surface area contributed by atoms with Gasteiger partial charge in [0.1, 0.15) is 16.9 Å². The van der Waals surface area contributed by atoms with Gasteiger partial charge in [0, 0.05) is 13.1 Å². The Hall–Kier alpha value is -2.67. The van der Waals surface area contributed by atoms with Gasteiger partial charge in [0.25, 0.3) is 0 Å². The number of carbonyl (C=O) groups excluding carboxylic acids is 1. The van der Waals surface area contributed by atoms with Crippen LogP contribution >= 0.6 is 0 Å². The number of hydrogen-bond donors (Lipinski definition) is 2. The fourth-order valence-electron chi connectivity index (χ4n) is 2.38. The molecule has 0 aliphatic rings. The van der Waals surface area contributed by atoms with Crippen molar-refractivity contribution in [1.29, 1.82) is 0 Å². The third kappa shape index (κ3) is 1.98. The van der Waals surface area contributed by atoms with Crippen molar-refractivity contribution in [3.05, 3.63) is 29.8 Å². The maximum absolute atomic E-state index is 12.0. The molecular formula is C14H15N5O2. The van der Waals surface area contributed by atoms with Crippen LogP contribution in [0.15, 0.2) is 24.3 Å². The van der Waals surface area contributed by atoms with Crippen LogP contribution in [0, 0.1) is 0 Å². The van der Waals surface area contributed by atoms with E-state index in [1.54, 1.807) is 4.57 Å². The molecule has 0 saturated heterocycles. The lowest BCUT2D eigenvalue weighted by molar-refractivity contribution is 0.0604. The highest BCUT2D eigenvalue weighted by atomic mass is 16.5. The Balaban J connectivity index is 2.42. The third-order valence-corrected chi connectivity index (χ3v) is 3.33. The van der Waals surface area contributed by atoms with Gasteiger partial charge in [-0.25, -0.2) is 14.8 Å². The number of methoxy groups -OCH3 is 1. The number of rotatable bonds is 3. The molecule has 7 nitrogen and oxygen atoms in total. The topological polar surface area (TPSA) is 109 Å². The van der Waals surface area contributed by atoms with Crippen molar-refractivity contribution >= 4 is 34.0 Å². The maximum atomic E-state index is 12.0. The van der Waals surface area contributed by atoms with E-state index in [-0.39, 0.29) is 11.4 Å². The molecule has 0 radical (unpaired) electrons. The summed E-state index contributed by atoms with van der Waals surface area (Å²) in [5, 5.41) is 0. The summed E-state index contributed by atoms with van der Waals surface area (Å²) in [5.74, 6) is -0.254. The van der Waals surface area contributed by atoms with Gasteiger partial charge in [0.15, 0.2) is 5.65 Å². The number of nitrogens with zero attached hydrogens (tertiary/aromatic N) is 3. The van der Waals surface area contributed by atoms with Crippen LogP contribution in [0.5, 0.6) is 0 Å². The Morgan fingerprint density at radius 2 is 1.95 bits per heavy atom. The molecule has 0 saturated carbocycles. The van der Waals surface area contributed by atoms with Crippen LogP contribution in [0.2, 0.25) is 0 Å². The van der Waals surface area contributed by atoms with E-state index < -0.39 is 5.97 Å². The highest BCUT2D eigenvalue weighted by Gasteiger charge is 2.24. The first-order chi connectivity index (χ1) is 10.2. The number of ether oxygens (including phenoxy) is 1. The second-order valence-electron chi connectivity index (χ2n) is 4.58. The number of para-hydroxylation sites is 2. The fraction of sp³-hybridized carbons (Fsp3) is 0.214. The van der Waals surface area contributed by atoms with Crippen molar-refractivity contribution in [3.8, 4) is 0 Å². The van der Waals surface area contributed by atoms with Gasteiger partial charge >= 0.3 is 5.97 Å². The molecule has 3 rings (SSSR count). The predicted octanol–water partition coefficient (Wildman–Crippen LogP) is 0.912. The first-order valence-corrected chi connectivity index (χ1v) is 6.50.